The minimum absolute atomic E-state index is 0.0130. The smallest absolute Gasteiger partial charge is 0.253 e. The van der Waals surface area contributed by atoms with E-state index in [1.807, 2.05) is 6.92 Å². The van der Waals surface area contributed by atoms with Gasteiger partial charge in [-0.25, -0.2) is 0 Å². The number of rotatable bonds is 3. The van der Waals surface area contributed by atoms with Crippen molar-refractivity contribution in [3.8, 4) is 0 Å². The molecule has 14 heavy (non-hydrogen) atoms. The number of pyridine rings is 1. The Morgan fingerprint density at radius 2 is 2.36 bits per heavy atom. The van der Waals surface area contributed by atoms with Crippen LogP contribution in [-0.4, -0.2) is 35.9 Å². The van der Waals surface area contributed by atoms with E-state index in [4.69, 9.17) is 5.73 Å². The second-order valence-corrected chi connectivity index (χ2v) is 3.20. The van der Waals surface area contributed by atoms with Crippen molar-refractivity contribution in [2.45, 2.75) is 6.92 Å². The summed E-state index contributed by atoms with van der Waals surface area (Å²) in [6.45, 7) is 2.91. The molecule has 0 saturated carbocycles. The fraction of sp³-hybridized carbons (Fsp3) is 0.400. The maximum Gasteiger partial charge on any atom is 0.253 e. The molecule has 0 aromatic carbocycles. The van der Waals surface area contributed by atoms with Gasteiger partial charge in [0.15, 0.2) is 0 Å². The molecule has 0 unspecified atom stereocenters. The normalized spacial score (nSPS) is 9.93. The van der Waals surface area contributed by atoms with Crippen LogP contribution in [0.3, 0.4) is 0 Å². The molecule has 2 N–H and O–H groups in total. The molecule has 4 nitrogen and oxygen atoms in total. The summed E-state index contributed by atoms with van der Waals surface area (Å²) in [5.41, 5.74) is 6.87. The predicted octanol–water partition coefficient (Wildman–Crippen LogP) is 0.421. The van der Waals surface area contributed by atoms with Crippen molar-refractivity contribution < 1.29 is 4.79 Å². The zero-order valence-corrected chi connectivity index (χ0v) is 8.53. The average Bonchev–Trinajstić information content (AvgIpc) is 2.17. The molecule has 1 rings (SSSR count). The van der Waals surface area contributed by atoms with E-state index in [1.54, 1.807) is 30.3 Å². The Kier molecular flexibility index (Phi) is 3.59. The minimum atomic E-state index is -0.0130. The van der Waals surface area contributed by atoms with Crippen molar-refractivity contribution in [2.75, 3.05) is 20.1 Å². The van der Waals surface area contributed by atoms with Gasteiger partial charge in [0, 0.05) is 37.6 Å². The zero-order valence-electron chi connectivity index (χ0n) is 8.53. The van der Waals surface area contributed by atoms with Crippen LogP contribution in [0.4, 0.5) is 0 Å². The van der Waals surface area contributed by atoms with Crippen molar-refractivity contribution >= 4 is 5.91 Å². The van der Waals surface area contributed by atoms with E-state index in [2.05, 4.69) is 4.98 Å². The highest BCUT2D eigenvalue weighted by Crippen LogP contribution is 2.03. The predicted molar refractivity (Wildman–Crippen MR) is 55.0 cm³/mol. The molecule has 0 bridgehead atoms. The van der Waals surface area contributed by atoms with Crippen LogP contribution >= 0.6 is 0 Å². The third kappa shape index (κ3) is 2.53. The van der Waals surface area contributed by atoms with Gasteiger partial charge in [-0.15, -0.1) is 0 Å². The van der Waals surface area contributed by atoms with E-state index in [0.717, 1.165) is 5.69 Å². The van der Waals surface area contributed by atoms with Gasteiger partial charge in [-0.3, -0.25) is 9.78 Å². The SMILES string of the molecule is Cc1cc(C(=O)N(C)CCN)ccn1. The van der Waals surface area contributed by atoms with Gasteiger partial charge in [0.1, 0.15) is 0 Å². The van der Waals surface area contributed by atoms with E-state index in [-0.39, 0.29) is 5.91 Å². The van der Waals surface area contributed by atoms with Gasteiger partial charge in [-0.2, -0.15) is 0 Å². The van der Waals surface area contributed by atoms with Crippen LogP contribution < -0.4 is 5.73 Å². The molecule has 4 heteroatoms. The number of nitrogens with zero attached hydrogens (tertiary/aromatic N) is 2. The largest absolute Gasteiger partial charge is 0.340 e. The summed E-state index contributed by atoms with van der Waals surface area (Å²) in [6, 6.07) is 3.48. The molecule has 0 aliphatic heterocycles. The first kappa shape index (κ1) is 10.7. The van der Waals surface area contributed by atoms with Gasteiger partial charge < -0.3 is 10.6 Å². The summed E-state index contributed by atoms with van der Waals surface area (Å²) >= 11 is 0. The maximum absolute atomic E-state index is 11.7. The number of aromatic nitrogens is 1. The summed E-state index contributed by atoms with van der Waals surface area (Å²) in [7, 11) is 1.74. The number of aryl methyl sites for hydroxylation is 1. The first-order chi connectivity index (χ1) is 6.65. The lowest BCUT2D eigenvalue weighted by atomic mass is 10.2. The fourth-order valence-corrected chi connectivity index (χ4v) is 1.19. The van der Waals surface area contributed by atoms with Gasteiger partial charge >= 0.3 is 0 Å². The Morgan fingerprint density at radius 3 is 2.93 bits per heavy atom. The van der Waals surface area contributed by atoms with E-state index in [0.29, 0.717) is 18.7 Å². The van der Waals surface area contributed by atoms with Crippen LogP contribution in [0.1, 0.15) is 16.1 Å². The van der Waals surface area contributed by atoms with E-state index < -0.39 is 0 Å². The van der Waals surface area contributed by atoms with Crippen LogP contribution in [0.15, 0.2) is 18.3 Å². The molecule has 1 amide bonds. The molecular weight excluding hydrogens is 178 g/mol. The van der Waals surface area contributed by atoms with Crippen LogP contribution in [-0.2, 0) is 0 Å². The van der Waals surface area contributed by atoms with Gasteiger partial charge in [0.25, 0.3) is 5.91 Å². The molecule has 0 atom stereocenters. The first-order valence-electron chi connectivity index (χ1n) is 4.53. The van der Waals surface area contributed by atoms with Crippen molar-refractivity contribution in [3.63, 3.8) is 0 Å². The Labute approximate surface area is 83.7 Å². The molecule has 0 radical (unpaired) electrons. The number of carbonyl (C=O) groups excluding carboxylic acids is 1. The lowest BCUT2D eigenvalue weighted by Crippen LogP contribution is -2.31. The van der Waals surface area contributed by atoms with Crippen LogP contribution in [0.25, 0.3) is 0 Å². The first-order valence-corrected chi connectivity index (χ1v) is 4.53. The minimum Gasteiger partial charge on any atom is -0.340 e. The Bertz CT molecular complexity index is 325. The van der Waals surface area contributed by atoms with E-state index in [9.17, 15) is 4.79 Å². The number of carbonyl (C=O) groups is 1. The highest BCUT2D eigenvalue weighted by molar-refractivity contribution is 5.94. The molecule has 0 fully saturated rings. The van der Waals surface area contributed by atoms with Gasteiger partial charge in [0.05, 0.1) is 0 Å². The molecule has 0 saturated heterocycles. The summed E-state index contributed by atoms with van der Waals surface area (Å²) in [5, 5.41) is 0. The second kappa shape index (κ2) is 4.72. The maximum atomic E-state index is 11.7. The molecular formula is C10H15N3O. The molecule has 0 spiro atoms. The van der Waals surface area contributed by atoms with Crippen LogP contribution in [0.2, 0.25) is 0 Å². The number of likely N-dealkylation sites (N-methyl/N-ethyl adjacent to an activating group) is 1. The highest BCUT2D eigenvalue weighted by atomic mass is 16.2. The molecule has 0 aliphatic rings. The zero-order chi connectivity index (χ0) is 10.6. The highest BCUT2D eigenvalue weighted by Gasteiger charge is 2.10. The summed E-state index contributed by atoms with van der Waals surface area (Å²) < 4.78 is 0. The number of hydrogen-bond acceptors (Lipinski definition) is 3. The molecule has 1 aromatic rings. The Hall–Kier alpha value is -1.42. The monoisotopic (exact) mass is 193 g/mol. The lowest BCUT2D eigenvalue weighted by Gasteiger charge is -2.15. The summed E-state index contributed by atoms with van der Waals surface area (Å²) in [6.07, 6.45) is 1.64. The third-order valence-electron chi connectivity index (χ3n) is 1.95. The van der Waals surface area contributed by atoms with Crippen molar-refractivity contribution in [1.82, 2.24) is 9.88 Å². The van der Waals surface area contributed by atoms with Crippen molar-refractivity contribution in [1.29, 1.82) is 0 Å². The van der Waals surface area contributed by atoms with Crippen molar-refractivity contribution in [2.24, 2.45) is 5.73 Å². The van der Waals surface area contributed by atoms with Gasteiger partial charge in [-0.1, -0.05) is 0 Å². The Morgan fingerprint density at radius 1 is 1.64 bits per heavy atom. The standard InChI is InChI=1S/C10H15N3O/c1-8-7-9(3-5-12-8)10(14)13(2)6-4-11/h3,5,7H,4,6,11H2,1-2H3. The van der Waals surface area contributed by atoms with Gasteiger partial charge in [-0.05, 0) is 19.1 Å². The van der Waals surface area contributed by atoms with E-state index in [1.165, 1.54) is 0 Å². The van der Waals surface area contributed by atoms with E-state index >= 15 is 0 Å². The van der Waals surface area contributed by atoms with Crippen LogP contribution in [0.5, 0.6) is 0 Å². The third-order valence-corrected chi connectivity index (χ3v) is 1.95. The average molecular weight is 193 g/mol. The molecule has 1 aromatic heterocycles. The number of nitrogens with two attached hydrogens (primary N) is 1. The quantitative estimate of drug-likeness (QED) is 0.757. The molecule has 76 valence electrons. The fourth-order valence-electron chi connectivity index (χ4n) is 1.19. The number of amides is 1. The molecule has 1 heterocycles. The van der Waals surface area contributed by atoms with Gasteiger partial charge in [0.2, 0.25) is 0 Å². The van der Waals surface area contributed by atoms with Crippen molar-refractivity contribution in [3.05, 3.63) is 29.6 Å². The summed E-state index contributed by atoms with van der Waals surface area (Å²) in [4.78, 5) is 17.4. The second-order valence-electron chi connectivity index (χ2n) is 3.20. The summed E-state index contributed by atoms with van der Waals surface area (Å²) in [5.74, 6) is -0.0130. The molecule has 0 aliphatic carbocycles. The Balaban J connectivity index is 2.78. The lowest BCUT2D eigenvalue weighted by molar-refractivity contribution is 0.0799. The number of hydrogen-bond donors (Lipinski definition) is 1. The van der Waals surface area contributed by atoms with Crippen LogP contribution in [0, 0.1) is 6.92 Å². The topological polar surface area (TPSA) is 59.2 Å².